The number of thiazole rings is 1. The topological polar surface area (TPSA) is 62.2 Å². The lowest BCUT2D eigenvalue weighted by Crippen LogP contribution is -2.28. The molecule has 0 radical (unpaired) electrons. The van der Waals surface area contributed by atoms with Crippen LogP contribution in [0.1, 0.15) is 34.2 Å². The molecule has 0 spiro atoms. The smallest absolute Gasteiger partial charge is 0.253 e. The lowest BCUT2D eigenvalue weighted by molar-refractivity contribution is -0.129. The minimum atomic E-state index is -1.19. The summed E-state index contributed by atoms with van der Waals surface area (Å²) >= 11 is 7.35. The third-order valence-electron chi connectivity index (χ3n) is 3.08. The van der Waals surface area contributed by atoms with Gasteiger partial charge in [-0.15, -0.1) is 11.3 Å². The Hall–Kier alpha value is -1.43. The molecule has 112 valence electrons. The number of halogens is 1. The monoisotopic (exact) mass is 324 g/mol. The first-order valence-corrected chi connectivity index (χ1v) is 7.87. The number of benzene rings is 1. The van der Waals surface area contributed by atoms with Crippen molar-refractivity contribution in [2.45, 2.75) is 32.9 Å². The molecule has 1 aromatic heterocycles. The van der Waals surface area contributed by atoms with Gasteiger partial charge < -0.3 is 10.4 Å². The Bertz CT molecular complexity index is 625. The number of aryl methyl sites for hydroxylation is 2. The minimum absolute atomic E-state index is 0.387. The van der Waals surface area contributed by atoms with Gasteiger partial charge in [0, 0.05) is 9.90 Å². The Kier molecular flexibility index (Phi) is 5.33. The van der Waals surface area contributed by atoms with Gasteiger partial charge >= 0.3 is 0 Å². The maximum atomic E-state index is 12.0. The summed E-state index contributed by atoms with van der Waals surface area (Å²) in [5.41, 5.74) is 1.52. The van der Waals surface area contributed by atoms with Crippen molar-refractivity contribution in [3.05, 3.63) is 50.4 Å². The van der Waals surface area contributed by atoms with Crippen LogP contribution in [-0.2, 0) is 17.8 Å². The molecule has 2 N–H and O–H groups in total. The first-order chi connectivity index (χ1) is 10.0. The summed E-state index contributed by atoms with van der Waals surface area (Å²) in [6.07, 6.45) is -0.365. The van der Waals surface area contributed by atoms with E-state index in [1.807, 2.05) is 13.8 Å². The highest BCUT2D eigenvalue weighted by Gasteiger charge is 2.18. The lowest BCUT2D eigenvalue weighted by Gasteiger charge is -2.11. The fourth-order valence-corrected chi connectivity index (χ4v) is 3.08. The Labute approximate surface area is 132 Å². The average Bonchev–Trinajstić information content (AvgIpc) is 2.85. The molecule has 4 nitrogen and oxygen atoms in total. The maximum absolute atomic E-state index is 12.0. The second kappa shape index (κ2) is 7.02. The second-order valence-electron chi connectivity index (χ2n) is 4.63. The first-order valence-electron chi connectivity index (χ1n) is 6.67. The molecular formula is C15H17ClN2O2S. The highest BCUT2D eigenvalue weighted by molar-refractivity contribution is 7.11. The normalized spacial score (nSPS) is 12.2. The number of carbonyl (C=O) groups is 1. The first kappa shape index (κ1) is 15.9. The number of aromatic nitrogens is 1. The molecule has 0 fully saturated rings. The fraction of sp³-hybridized carbons (Fsp3) is 0.333. The van der Waals surface area contributed by atoms with Crippen LogP contribution in [0.4, 0.5) is 0 Å². The van der Waals surface area contributed by atoms with Crippen LogP contribution in [-0.4, -0.2) is 16.0 Å². The zero-order chi connectivity index (χ0) is 15.4. The van der Waals surface area contributed by atoms with Crippen molar-refractivity contribution in [2.75, 3.05) is 0 Å². The summed E-state index contributed by atoms with van der Waals surface area (Å²) in [5, 5.41) is 14.3. The van der Waals surface area contributed by atoms with Gasteiger partial charge in [-0.2, -0.15) is 0 Å². The number of hydrogen-bond donors (Lipinski definition) is 2. The predicted molar refractivity (Wildman–Crippen MR) is 84.5 cm³/mol. The van der Waals surface area contributed by atoms with E-state index >= 15 is 0 Å². The van der Waals surface area contributed by atoms with Crippen LogP contribution in [0.5, 0.6) is 0 Å². The van der Waals surface area contributed by atoms with Gasteiger partial charge in [0.2, 0.25) is 0 Å². The van der Waals surface area contributed by atoms with E-state index in [1.54, 1.807) is 35.6 Å². The van der Waals surface area contributed by atoms with Gasteiger partial charge in [-0.3, -0.25) is 4.79 Å². The standard InChI is InChI=1S/C15H17ClN2O2S/c1-3-12-13(21-9(2)18-12)8-17-15(20)14(19)10-4-6-11(16)7-5-10/h4-7,14,19H,3,8H2,1-2H3,(H,17,20)/t14-/m0/s1. The van der Waals surface area contributed by atoms with Gasteiger partial charge in [0.15, 0.2) is 6.10 Å². The molecule has 2 rings (SSSR count). The van der Waals surface area contributed by atoms with Gasteiger partial charge in [-0.05, 0) is 31.0 Å². The number of hydrogen-bond acceptors (Lipinski definition) is 4. The number of rotatable bonds is 5. The number of carbonyl (C=O) groups excluding carboxylic acids is 1. The van der Waals surface area contributed by atoms with Crippen molar-refractivity contribution in [3.8, 4) is 0 Å². The third kappa shape index (κ3) is 4.03. The minimum Gasteiger partial charge on any atom is -0.378 e. The molecule has 0 saturated carbocycles. The van der Waals surface area contributed by atoms with E-state index in [1.165, 1.54) is 0 Å². The molecule has 0 aliphatic heterocycles. The molecule has 0 unspecified atom stereocenters. The number of aliphatic hydroxyl groups is 1. The molecule has 0 saturated heterocycles. The van der Waals surface area contributed by atoms with Gasteiger partial charge in [0.05, 0.1) is 17.2 Å². The van der Waals surface area contributed by atoms with Gasteiger partial charge in [0.1, 0.15) is 0 Å². The average molecular weight is 325 g/mol. The predicted octanol–water partition coefficient (Wildman–Crippen LogP) is 3.02. The SMILES string of the molecule is CCc1nc(C)sc1CNC(=O)[C@@H](O)c1ccc(Cl)cc1. The summed E-state index contributed by atoms with van der Waals surface area (Å²) < 4.78 is 0. The number of amides is 1. The summed E-state index contributed by atoms with van der Waals surface area (Å²) in [7, 11) is 0. The largest absolute Gasteiger partial charge is 0.378 e. The van der Waals surface area contributed by atoms with Crippen molar-refractivity contribution < 1.29 is 9.90 Å². The highest BCUT2D eigenvalue weighted by atomic mass is 35.5. The molecule has 0 aliphatic rings. The van der Waals surface area contributed by atoms with Crippen molar-refractivity contribution in [1.82, 2.24) is 10.3 Å². The van der Waals surface area contributed by atoms with Gasteiger partial charge in [-0.1, -0.05) is 30.7 Å². The van der Waals surface area contributed by atoms with Crippen LogP contribution in [0.3, 0.4) is 0 Å². The van der Waals surface area contributed by atoms with Crippen molar-refractivity contribution in [3.63, 3.8) is 0 Å². The Morgan fingerprint density at radius 2 is 2.10 bits per heavy atom. The molecule has 21 heavy (non-hydrogen) atoms. The van der Waals surface area contributed by atoms with Gasteiger partial charge in [0.25, 0.3) is 5.91 Å². The van der Waals surface area contributed by atoms with E-state index < -0.39 is 12.0 Å². The Balaban J connectivity index is 1.99. The van der Waals surface area contributed by atoms with E-state index in [2.05, 4.69) is 10.3 Å². The van der Waals surface area contributed by atoms with E-state index in [0.717, 1.165) is 22.0 Å². The molecule has 6 heteroatoms. The number of nitrogens with one attached hydrogen (secondary N) is 1. The van der Waals surface area contributed by atoms with E-state index in [9.17, 15) is 9.90 Å². The van der Waals surface area contributed by atoms with E-state index in [4.69, 9.17) is 11.6 Å². The van der Waals surface area contributed by atoms with Crippen LogP contribution in [0.15, 0.2) is 24.3 Å². The van der Waals surface area contributed by atoms with Crippen LogP contribution < -0.4 is 5.32 Å². The molecule has 1 amide bonds. The van der Waals surface area contributed by atoms with Gasteiger partial charge in [-0.25, -0.2) is 4.98 Å². The molecule has 0 bridgehead atoms. The van der Waals surface area contributed by atoms with Crippen molar-refractivity contribution in [1.29, 1.82) is 0 Å². The highest BCUT2D eigenvalue weighted by Crippen LogP contribution is 2.20. The zero-order valence-corrected chi connectivity index (χ0v) is 13.5. The van der Waals surface area contributed by atoms with E-state index in [-0.39, 0.29) is 0 Å². The Morgan fingerprint density at radius 1 is 1.43 bits per heavy atom. The molecule has 1 heterocycles. The third-order valence-corrected chi connectivity index (χ3v) is 4.34. The molecule has 2 aromatic rings. The maximum Gasteiger partial charge on any atom is 0.253 e. The molecular weight excluding hydrogens is 308 g/mol. The Morgan fingerprint density at radius 3 is 2.71 bits per heavy atom. The summed E-state index contributed by atoms with van der Waals surface area (Å²) in [6, 6.07) is 6.58. The number of aliphatic hydroxyl groups excluding tert-OH is 1. The number of nitrogens with zero attached hydrogens (tertiary/aromatic N) is 1. The van der Waals surface area contributed by atoms with E-state index in [0.29, 0.717) is 17.1 Å². The fourth-order valence-electron chi connectivity index (χ4n) is 1.99. The van der Waals surface area contributed by atoms with Crippen molar-refractivity contribution in [2.24, 2.45) is 0 Å². The van der Waals surface area contributed by atoms with Crippen LogP contribution in [0, 0.1) is 6.92 Å². The lowest BCUT2D eigenvalue weighted by atomic mass is 10.1. The molecule has 0 aliphatic carbocycles. The zero-order valence-electron chi connectivity index (χ0n) is 11.9. The van der Waals surface area contributed by atoms with Crippen LogP contribution in [0.2, 0.25) is 5.02 Å². The van der Waals surface area contributed by atoms with Crippen molar-refractivity contribution >= 4 is 28.8 Å². The quantitative estimate of drug-likeness (QED) is 0.888. The second-order valence-corrected chi connectivity index (χ2v) is 6.35. The van der Waals surface area contributed by atoms with Crippen LogP contribution >= 0.6 is 22.9 Å². The van der Waals surface area contributed by atoms with Crippen LogP contribution in [0.25, 0.3) is 0 Å². The summed E-state index contributed by atoms with van der Waals surface area (Å²) in [4.78, 5) is 17.4. The molecule has 1 atom stereocenters. The summed E-state index contributed by atoms with van der Waals surface area (Å²) in [6.45, 7) is 4.36. The molecule has 1 aromatic carbocycles. The summed E-state index contributed by atoms with van der Waals surface area (Å²) in [5.74, 6) is -0.426.